The fourth-order valence-electron chi connectivity index (χ4n) is 3.28. The van der Waals surface area contributed by atoms with Gasteiger partial charge in [-0.15, -0.1) is 0 Å². The first-order valence-electron chi connectivity index (χ1n) is 8.75. The first kappa shape index (κ1) is 19.9. The number of benzene rings is 2. The number of carboxylic acids is 1. The number of carbonyl (C=O) groups excluding carboxylic acids is 3. The van der Waals surface area contributed by atoms with E-state index in [1.54, 1.807) is 30.3 Å². The van der Waals surface area contributed by atoms with E-state index in [1.807, 2.05) is 0 Å². The van der Waals surface area contributed by atoms with Crippen LogP contribution in [0, 0.1) is 0 Å². The van der Waals surface area contributed by atoms with Crippen LogP contribution >= 0.6 is 0 Å². The summed E-state index contributed by atoms with van der Waals surface area (Å²) >= 11 is 0. The van der Waals surface area contributed by atoms with Crippen LogP contribution in [0.25, 0.3) is 5.76 Å². The minimum absolute atomic E-state index is 0.104. The van der Waals surface area contributed by atoms with Gasteiger partial charge in [0.05, 0.1) is 18.7 Å². The third-order valence-electron chi connectivity index (χ3n) is 4.66. The van der Waals surface area contributed by atoms with Gasteiger partial charge in [0.15, 0.2) is 11.5 Å². The number of likely N-dealkylation sites (tertiary alicyclic amines) is 1. The summed E-state index contributed by atoms with van der Waals surface area (Å²) < 4.78 is 5.09. The monoisotopic (exact) mass is 396 g/mol. The standard InChI is InChI=1S/C21H19NO7/c1-29-15-11-13(7-8-14(15)23)18-17(19(26)12-5-3-2-4-6-12)20(27)21(28)22(18)10-9-16(24)25/h2-8,11,18,23,26H,9-10H2,1H3,(H,24,25)/p-1/t18-/m0/s1. The second-order valence-electron chi connectivity index (χ2n) is 6.41. The topological polar surface area (TPSA) is 127 Å². The van der Waals surface area contributed by atoms with Crippen LogP contribution in [0.3, 0.4) is 0 Å². The molecule has 8 heteroatoms. The highest BCUT2D eigenvalue weighted by atomic mass is 16.5. The van der Waals surface area contributed by atoms with Gasteiger partial charge in [-0.1, -0.05) is 36.4 Å². The van der Waals surface area contributed by atoms with Gasteiger partial charge in [-0.2, -0.15) is 0 Å². The number of nitrogens with zero attached hydrogens (tertiary/aromatic N) is 1. The van der Waals surface area contributed by atoms with Crippen LogP contribution < -0.4 is 9.84 Å². The highest BCUT2D eigenvalue weighted by molar-refractivity contribution is 6.46. The normalized spacial score (nSPS) is 18.1. The van der Waals surface area contributed by atoms with Crippen LogP contribution in [0.15, 0.2) is 54.1 Å². The van der Waals surface area contributed by atoms with E-state index in [9.17, 15) is 29.7 Å². The third-order valence-corrected chi connectivity index (χ3v) is 4.66. The number of phenolic OH excluding ortho intramolecular Hbond substituents is 1. The number of aliphatic hydroxyl groups is 1. The molecular formula is C21H18NO7-. The second kappa shape index (κ2) is 8.05. The molecule has 1 heterocycles. The van der Waals surface area contributed by atoms with Gasteiger partial charge in [0, 0.05) is 24.5 Å². The summed E-state index contributed by atoms with van der Waals surface area (Å²) in [5, 5.41) is 31.6. The van der Waals surface area contributed by atoms with Crippen molar-refractivity contribution in [1.82, 2.24) is 4.90 Å². The molecule has 1 aliphatic heterocycles. The lowest BCUT2D eigenvalue weighted by atomic mass is 9.95. The summed E-state index contributed by atoms with van der Waals surface area (Å²) in [4.78, 5) is 37.3. The average Bonchev–Trinajstić information content (AvgIpc) is 2.97. The maximum absolute atomic E-state index is 12.7. The smallest absolute Gasteiger partial charge is 0.295 e. The fraction of sp³-hybridized carbons (Fsp3) is 0.190. The highest BCUT2D eigenvalue weighted by Gasteiger charge is 2.46. The molecule has 29 heavy (non-hydrogen) atoms. The van der Waals surface area contributed by atoms with Crippen molar-refractivity contribution in [3.63, 3.8) is 0 Å². The maximum Gasteiger partial charge on any atom is 0.295 e. The van der Waals surface area contributed by atoms with Gasteiger partial charge in [0.25, 0.3) is 11.7 Å². The Morgan fingerprint density at radius 2 is 1.86 bits per heavy atom. The number of hydrogen-bond acceptors (Lipinski definition) is 7. The summed E-state index contributed by atoms with van der Waals surface area (Å²) in [6, 6.07) is 11.4. The molecule has 0 saturated carbocycles. The number of aromatic hydroxyl groups is 1. The number of phenols is 1. The Kier molecular flexibility index (Phi) is 5.54. The minimum Gasteiger partial charge on any atom is -0.550 e. The molecule has 8 nitrogen and oxygen atoms in total. The van der Waals surface area contributed by atoms with E-state index in [0.29, 0.717) is 11.1 Å². The van der Waals surface area contributed by atoms with Crippen molar-refractivity contribution in [1.29, 1.82) is 0 Å². The van der Waals surface area contributed by atoms with E-state index in [-0.39, 0.29) is 29.4 Å². The van der Waals surface area contributed by atoms with E-state index in [0.717, 1.165) is 4.90 Å². The Balaban J connectivity index is 2.18. The Hall–Kier alpha value is -3.81. The quantitative estimate of drug-likeness (QED) is 0.423. The van der Waals surface area contributed by atoms with Gasteiger partial charge in [-0.05, 0) is 17.7 Å². The number of hydrogen-bond donors (Lipinski definition) is 2. The van der Waals surface area contributed by atoms with Gasteiger partial charge in [-0.3, -0.25) is 9.59 Å². The van der Waals surface area contributed by atoms with Gasteiger partial charge in [-0.25, -0.2) is 0 Å². The molecule has 0 aliphatic carbocycles. The van der Waals surface area contributed by atoms with Crippen molar-refractivity contribution < 1.29 is 34.4 Å². The molecule has 0 radical (unpaired) electrons. The molecule has 0 bridgehead atoms. The molecule has 2 aromatic rings. The van der Waals surface area contributed by atoms with E-state index in [4.69, 9.17) is 4.74 Å². The lowest BCUT2D eigenvalue weighted by Crippen LogP contribution is -2.34. The predicted molar refractivity (Wildman–Crippen MR) is 99.7 cm³/mol. The van der Waals surface area contributed by atoms with Crippen molar-refractivity contribution in [3.05, 3.63) is 65.2 Å². The van der Waals surface area contributed by atoms with Crippen LogP contribution in [0.1, 0.15) is 23.6 Å². The molecule has 1 aliphatic rings. The van der Waals surface area contributed by atoms with Crippen molar-refractivity contribution >= 4 is 23.4 Å². The number of aliphatic carboxylic acids is 1. The minimum atomic E-state index is -1.38. The van der Waals surface area contributed by atoms with Crippen LogP contribution in [0.5, 0.6) is 11.5 Å². The molecule has 1 amide bonds. The first-order chi connectivity index (χ1) is 13.8. The average molecular weight is 396 g/mol. The summed E-state index contributed by atoms with van der Waals surface area (Å²) in [7, 11) is 1.34. The van der Waals surface area contributed by atoms with Crippen LogP contribution in [-0.2, 0) is 14.4 Å². The van der Waals surface area contributed by atoms with E-state index in [2.05, 4.69) is 0 Å². The number of amides is 1. The van der Waals surface area contributed by atoms with Crippen LogP contribution in [0.2, 0.25) is 0 Å². The number of ether oxygens (including phenoxy) is 1. The van der Waals surface area contributed by atoms with Crippen LogP contribution in [0.4, 0.5) is 0 Å². The molecular weight excluding hydrogens is 378 g/mol. The zero-order chi connectivity index (χ0) is 21.1. The predicted octanol–water partition coefficient (Wildman–Crippen LogP) is 0.962. The number of aliphatic hydroxyl groups excluding tert-OH is 1. The van der Waals surface area contributed by atoms with Crippen molar-refractivity contribution in [3.8, 4) is 11.5 Å². The molecule has 150 valence electrons. The SMILES string of the molecule is COc1cc([C@H]2C(=C(O)c3ccccc3)C(=O)C(=O)N2CCC(=O)[O-])ccc1O. The number of Topliss-reactive ketones (excluding diaryl/α,β-unsaturated/α-hetero) is 1. The summed E-state index contributed by atoms with van der Waals surface area (Å²) in [5.74, 6) is -3.66. The maximum atomic E-state index is 12.7. The highest BCUT2D eigenvalue weighted by Crippen LogP contribution is 2.41. The van der Waals surface area contributed by atoms with Gasteiger partial charge < -0.3 is 29.8 Å². The van der Waals surface area contributed by atoms with E-state index < -0.39 is 30.1 Å². The Bertz CT molecular complexity index is 997. The third kappa shape index (κ3) is 3.77. The molecule has 3 rings (SSSR count). The number of methoxy groups -OCH3 is 1. The lowest BCUT2D eigenvalue weighted by molar-refractivity contribution is -0.305. The zero-order valence-corrected chi connectivity index (χ0v) is 15.5. The molecule has 2 aromatic carbocycles. The largest absolute Gasteiger partial charge is 0.550 e. The number of carbonyl (C=O) groups is 3. The van der Waals surface area contributed by atoms with Gasteiger partial charge >= 0.3 is 0 Å². The Morgan fingerprint density at radius 3 is 2.48 bits per heavy atom. The first-order valence-corrected chi connectivity index (χ1v) is 8.75. The van der Waals surface area contributed by atoms with Crippen molar-refractivity contribution in [2.24, 2.45) is 0 Å². The van der Waals surface area contributed by atoms with Gasteiger partial charge in [0.1, 0.15) is 5.76 Å². The van der Waals surface area contributed by atoms with E-state index >= 15 is 0 Å². The van der Waals surface area contributed by atoms with Gasteiger partial charge in [0.2, 0.25) is 0 Å². The molecule has 1 fully saturated rings. The zero-order valence-electron chi connectivity index (χ0n) is 15.5. The Morgan fingerprint density at radius 1 is 1.17 bits per heavy atom. The van der Waals surface area contributed by atoms with E-state index in [1.165, 1.54) is 25.3 Å². The molecule has 0 unspecified atom stereocenters. The van der Waals surface area contributed by atoms with Crippen molar-refractivity contribution in [2.75, 3.05) is 13.7 Å². The summed E-state index contributed by atoms with van der Waals surface area (Å²) in [6.45, 7) is -0.285. The molecule has 1 saturated heterocycles. The number of carboxylic acid groups (broad SMARTS) is 1. The lowest BCUT2D eigenvalue weighted by Gasteiger charge is -2.26. The summed E-state index contributed by atoms with van der Waals surface area (Å²) in [6.07, 6.45) is -0.482. The molecule has 0 aromatic heterocycles. The number of ketones is 1. The Labute approximate surface area is 166 Å². The fourth-order valence-corrected chi connectivity index (χ4v) is 3.28. The molecule has 0 spiro atoms. The molecule has 2 N–H and O–H groups in total. The molecule has 1 atom stereocenters. The van der Waals surface area contributed by atoms with Crippen LogP contribution in [-0.4, -0.2) is 46.4 Å². The second-order valence-corrected chi connectivity index (χ2v) is 6.41. The number of rotatable bonds is 6. The summed E-state index contributed by atoms with van der Waals surface area (Å²) in [5.41, 5.74) is 0.531. The van der Waals surface area contributed by atoms with Crippen molar-refractivity contribution in [2.45, 2.75) is 12.5 Å².